The van der Waals surface area contributed by atoms with Crippen molar-refractivity contribution >= 4 is 17.2 Å². The summed E-state index contributed by atoms with van der Waals surface area (Å²) in [5, 5.41) is 11.2. The Morgan fingerprint density at radius 3 is 2.60 bits per heavy atom. The van der Waals surface area contributed by atoms with Crippen LogP contribution in [0.5, 0.6) is 0 Å². The summed E-state index contributed by atoms with van der Waals surface area (Å²) in [6, 6.07) is 13.0. The number of benzene rings is 2. The van der Waals surface area contributed by atoms with Gasteiger partial charge in [0.25, 0.3) is 5.91 Å². The number of aryl methyl sites for hydroxylation is 2. The molecule has 0 saturated heterocycles. The van der Waals surface area contributed by atoms with Crippen LogP contribution in [-0.2, 0) is 6.18 Å². The van der Waals surface area contributed by atoms with Crippen molar-refractivity contribution in [1.29, 1.82) is 0 Å². The molecule has 0 fully saturated rings. The summed E-state index contributed by atoms with van der Waals surface area (Å²) in [4.78, 5) is 17.1. The van der Waals surface area contributed by atoms with Gasteiger partial charge in [0.05, 0.1) is 34.3 Å². The predicted molar refractivity (Wildman–Crippen MR) is 123 cm³/mol. The number of halogens is 3. The van der Waals surface area contributed by atoms with Crippen molar-refractivity contribution in [2.45, 2.75) is 20.0 Å². The Bertz CT molecular complexity index is 1550. The van der Waals surface area contributed by atoms with E-state index >= 15 is 0 Å². The normalized spacial score (nSPS) is 11.7. The van der Waals surface area contributed by atoms with Crippen molar-refractivity contribution in [1.82, 2.24) is 19.8 Å². The number of nitrogens with zero attached hydrogens (tertiary/aromatic N) is 4. The quantitative estimate of drug-likeness (QED) is 0.346. The molecule has 0 bridgehead atoms. The summed E-state index contributed by atoms with van der Waals surface area (Å²) in [6.07, 6.45) is -1.19. The number of alkyl halides is 3. The van der Waals surface area contributed by atoms with Crippen LogP contribution >= 0.6 is 0 Å². The smallest absolute Gasteiger partial charge is 0.361 e. The highest BCUT2D eigenvalue weighted by Gasteiger charge is 2.31. The number of rotatable bonds is 4. The molecule has 0 aliphatic rings. The Hall–Kier alpha value is -4.47. The number of nitrogens with one attached hydrogen (secondary N) is 1. The zero-order chi connectivity index (χ0) is 24.7. The van der Waals surface area contributed by atoms with Gasteiger partial charge in [0.15, 0.2) is 5.65 Å². The lowest BCUT2D eigenvalue weighted by molar-refractivity contribution is -0.137. The summed E-state index contributed by atoms with van der Waals surface area (Å²) in [7, 11) is 0. The average Bonchev–Trinajstić information content (AvgIpc) is 3.40. The van der Waals surface area contributed by atoms with Crippen molar-refractivity contribution in [2.24, 2.45) is 0 Å². The third-order valence-corrected chi connectivity index (χ3v) is 5.57. The summed E-state index contributed by atoms with van der Waals surface area (Å²) in [5.41, 5.74) is 3.82. The fraction of sp³-hybridized carbons (Fsp3) is 0.120. The average molecular weight is 477 g/mol. The Kier molecular flexibility index (Phi) is 5.35. The van der Waals surface area contributed by atoms with Crippen LogP contribution in [0, 0.1) is 13.8 Å². The molecule has 7 nitrogen and oxygen atoms in total. The van der Waals surface area contributed by atoms with Gasteiger partial charge in [-0.25, -0.2) is 9.50 Å². The lowest BCUT2D eigenvalue weighted by Gasteiger charge is -2.11. The van der Waals surface area contributed by atoms with E-state index in [9.17, 15) is 18.0 Å². The number of anilines is 1. The predicted octanol–water partition coefficient (Wildman–Crippen LogP) is 5.94. The topological polar surface area (TPSA) is 85.3 Å². The Balaban J connectivity index is 1.48. The van der Waals surface area contributed by atoms with Gasteiger partial charge in [-0.2, -0.15) is 18.3 Å². The molecule has 176 valence electrons. The van der Waals surface area contributed by atoms with Crippen LogP contribution in [0.2, 0.25) is 0 Å². The Morgan fingerprint density at radius 2 is 1.86 bits per heavy atom. The molecule has 3 heterocycles. The molecule has 0 saturated carbocycles. The van der Waals surface area contributed by atoms with Gasteiger partial charge in [0.2, 0.25) is 0 Å². The Morgan fingerprint density at radius 1 is 1.06 bits per heavy atom. The van der Waals surface area contributed by atoms with Gasteiger partial charge in [-0.05, 0) is 50.2 Å². The highest BCUT2D eigenvalue weighted by Crippen LogP contribution is 2.32. The van der Waals surface area contributed by atoms with E-state index in [1.165, 1.54) is 12.1 Å². The van der Waals surface area contributed by atoms with E-state index in [0.717, 1.165) is 34.5 Å². The fourth-order valence-corrected chi connectivity index (χ4v) is 3.95. The lowest BCUT2D eigenvalue weighted by Crippen LogP contribution is -2.14. The molecule has 0 aliphatic heterocycles. The number of hydrogen-bond donors (Lipinski definition) is 1. The minimum atomic E-state index is -4.53. The molecular formula is C25H18F3N5O2. The van der Waals surface area contributed by atoms with E-state index in [0.29, 0.717) is 22.8 Å². The van der Waals surface area contributed by atoms with Crippen LogP contribution in [0.4, 0.5) is 18.9 Å². The second-order valence-corrected chi connectivity index (χ2v) is 7.94. The monoisotopic (exact) mass is 477 g/mol. The molecule has 0 aliphatic carbocycles. The molecule has 0 unspecified atom stereocenters. The lowest BCUT2D eigenvalue weighted by atomic mass is 10.1. The van der Waals surface area contributed by atoms with E-state index in [1.54, 1.807) is 41.2 Å². The third kappa shape index (κ3) is 4.14. The van der Waals surface area contributed by atoms with E-state index in [4.69, 9.17) is 4.52 Å². The fourth-order valence-electron chi connectivity index (χ4n) is 3.95. The van der Waals surface area contributed by atoms with Crippen molar-refractivity contribution in [3.05, 3.63) is 89.6 Å². The first-order valence-corrected chi connectivity index (χ1v) is 10.6. The Labute approximate surface area is 197 Å². The molecule has 10 heteroatoms. The second-order valence-electron chi connectivity index (χ2n) is 7.94. The van der Waals surface area contributed by atoms with Crippen LogP contribution < -0.4 is 5.32 Å². The molecule has 35 heavy (non-hydrogen) atoms. The van der Waals surface area contributed by atoms with Crippen molar-refractivity contribution in [2.75, 3.05) is 5.32 Å². The second kappa shape index (κ2) is 8.39. The van der Waals surface area contributed by atoms with Crippen LogP contribution in [0.15, 0.2) is 71.5 Å². The zero-order valence-corrected chi connectivity index (χ0v) is 18.6. The minimum absolute atomic E-state index is 0.0901. The maximum atomic E-state index is 13.0. The van der Waals surface area contributed by atoms with Crippen LogP contribution in [-0.4, -0.2) is 25.7 Å². The van der Waals surface area contributed by atoms with E-state index < -0.39 is 17.6 Å². The van der Waals surface area contributed by atoms with E-state index in [1.807, 2.05) is 19.9 Å². The number of fused-ring (bicyclic) bond motifs is 1. The third-order valence-electron chi connectivity index (χ3n) is 5.57. The summed E-state index contributed by atoms with van der Waals surface area (Å²) in [5.74, 6) is 0.0109. The summed E-state index contributed by atoms with van der Waals surface area (Å²) >= 11 is 0. The van der Waals surface area contributed by atoms with Gasteiger partial charge in [-0.15, -0.1) is 0 Å². The van der Waals surface area contributed by atoms with Gasteiger partial charge in [0.1, 0.15) is 5.76 Å². The molecule has 2 aromatic carbocycles. The largest absolute Gasteiger partial charge is 0.416 e. The van der Waals surface area contributed by atoms with Crippen molar-refractivity contribution in [3.63, 3.8) is 0 Å². The number of amides is 1. The van der Waals surface area contributed by atoms with Crippen LogP contribution in [0.3, 0.4) is 0 Å². The maximum Gasteiger partial charge on any atom is 0.416 e. The van der Waals surface area contributed by atoms with Crippen LogP contribution in [0.25, 0.3) is 28.0 Å². The van der Waals surface area contributed by atoms with Crippen molar-refractivity contribution in [3.8, 4) is 22.4 Å². The zero-order valence-electron chi connectivity index (χ0n) is 18.6. The van der Waals surface area contributed by atoms with Gasteiger partial charge < -0.3 is 9.84 Å². The molecule has 0 atom stereocenters. The van der Waals surface area contributed by atoms with Gasteiger partial charge in [-0.3, -0.25) is 4.79 Å². The van der Waals surface area contributed by atoms with Crippen molar-refractivity contribution < 1.29 is 22.5 Å². The molecule has 3 aromatic heterocycles. The number of carbonyl (C=O) groups is 1. The number of hydrogen-bond acceptors (Lipinski definition) is 5. The van der Waals surface area contributed by atoms with Crippen LogP contribution in [0.1, 0.15) is 27.4 Å². The molecule has 0 spiro atoms. The molecular weight excluding hydrogens is 459 g/mol. The first kappa shape index (κ1) is 22.3. The number of aromatic nitrogens is 4. The molecule has 5 aromatic rings. The summed E-state index contributed by atoms with van der Waals surface area (Å²) in [6.45, 7) is 3.66. The molecule has 5 rings (SSSR count). The maximum absolute atomic E-state index is 13.0. The summed E-state index contributed by atoms with van der Waals surface area (Å²) < 4.78 is 46.0. The first-order chi connectivity index (χ1) is 16.7. The highest BCUT2D eigenvalue weighted by molar-refractivity contribution is 6.04. The molecule has 0 radical (unpaired) electrons. The minimum Gasteiger partial charge on any atom is -0.361 e. The van der Waals surface area contributed by atoms with E-state index in [-0.39, 0.29) is 5.56 Å². The van der Waals surface area contributed by atoms with Gasteiger partial charge in [-0.1, -0.05) is 23.4 Å². The molecule has 1 N–H and O–H groups in total. The SMILES string of the molecule is Cc1noc(C)c1-c1cnn2c(-c3cccc(NC(=O)c4cccc(C(F)(F)F)c4)c3)ccnc12. The first-order valence-electron chi connectivity index (χ1n) is 10.6. The highest BCUT2D eigenvalue weighted by atomic mass is 19.4. The van der Waals surface area contributed by atoms with Gasteiger partial charge in [0, 0.05) is 23.0 Å². The van der Waals surface area contributed by atoms with Gasteiger partial charge >= 0.3 is 6.18 Å². The number of carbonyl (C=O) groups excluding carboxylic acids is 1. The molecule has 1 amide bonds. The van der Waals surface area contributed by atoms with E-state index in [2.05, 4.69) is 20.6 Å². The standard InChI is InChI=1S/C25H18F3N5O2/c1-14-22(15(2)35-32-14)20-13-30-33-21(9-10-29-23(20)33)16-5-4-8-19(12-16)31-24(34)17-6-3-7-18(11-17)25(26,27)28/h3-13H,1-2H3,(H,31,34).